The average molecular weight is 648 g/mol. The maximum absolute atomic E-state index is 14.1. The summed E-state index contributed by atoms with van der Waals surface area (Å²) in [6.07, 6.45) is 7.97. The summed E-state index contributed by atoms with van der Waals surface area (Å²) < 4.78 is 45.6. The van der Waals surface area contributed by atoms with Crippen molar-refractivity contribution in [2.45, 2.75) is 101 Å². The van der Waals surface area contributed by atoms with Crippen molar-refractivity contribution < 1.29 is 36.7 Å². The fourth-order valence-electron chi connectivity index (χ4n) is 6.04. The summed E-state index contributed by atoms with van der Waals surface area (Å²) in [6.45, 7) is 1.94. The number of amides is 4. The Bertz CT molecular complexity index is 1480. The van der Waals surface area contributed by atoms with Crippen molar-refractivity contribution in [3.05, 3.63) is 47.3 Å². The van der Waals surface area contributed by atoms with Gasteiger partial charge in [0.25, 0.3) is 0 Å². The number of benzene rings is 1. The van der Waals surface area contributed by atoms with Crippen molar-refractivity contribution in [1.82, 2.24) is 14.5 Å². The molecular weight excluding hydrogens is 605 g/mol. The van der Waals surface area contributed by atoms with Gasteiger partial charge in [-0.1, -0.05) is 37.1 Å². The summed E-state index contributed by atoms with van der Waals surface area (Å²) >= 11 is 0. The first kappa shape index (κ1) is 32.9. The number of nitrogens with two attached hydrogens (primary N) is 2. The summed E-state index contributed by atoms with van der Waals surface area (Å²) in [5, 5.41) is 0. The maximum Gasteiger partial charge on any atom is 0.410 e. The minimum Gasteiger partial charge on any atom is -0.444 e. The van der Waals surface area contributed by atoms with Crippen LogP contribution in [-0.4, -0.2) is 71.5 Å². The van der Waals surface area contributed by atoms with E-state index in [9.17, 15) is 32.0 Å². The Morgan fingerprint density at radius 2 is 1.91 bits per heavy atom. The molecule has 1 aromatic carbocycles. The van der Waals surface area contributed by atoms with E-state index in [1.807, 2.05) is 12.2 Å². The summed E-state index contributed by atoms with van der Waals surface area (Å²) in [5.74, 6) is -2.19. The number of halogens is 1. The van der Waals surface area contributed by atoms with E-state index in [0.717, 1.165) is 19.3 Å². The van der Waals surface area contributed by atoms with E-state index in [1.54, 1.807) is 19.1 Å². The van der Waals surface area contributed by atoms with Gasteiger partial charge in [-0.15, -0.1) is 0 Å². The van der Waals surface area contributed by atoms with Gasteiger partial charge in [0.05, 0.1) is 23.9 Å². The van der Waals surface area contributed by atoms with Gasteiger partial charge < -0.3 is 21.1 Å². The van der Waals surface area contributed by atoms with Crippen molar-refractivity contribution in [2.24, 2.45) is 23.3 Å². The lowest BCUT2D eigenvalue weighted by atomic mass is 10.1. The predicted octanol–water partition coefficient (Wildman–Crippen LogP) is 2.20. The molecule has 12 nitrogen and oxygen atoms in total. The summed E-state index contributed by atoms with van der Waals surface area (Å²) in [6, 6.07) is 2.90. The zero-order valence-corrected chi connectivity index (χ0v) is 26.3. The van der Waals surface area contributed by atoms with Crippen LogP contribution in [0.25, 0.3) is 0 Å². The molecule has 2 aliphatic carbocycles. The first-order chi connectivity index (χ1) is 21.3. The second-order valence-corrected chi connectivity index (χ2v) is 15.2. The van der Waals surface area contributed by atoms with Gasteiger partial charge in [0.1, 0.15) is 18.0 Å². The molecule has 45 heavy (non-hydrogen) atoms. The third-order valence-electron chi connectivity index (χ3n) is 9.43. The zero-order chi connectivity index (χ0) is 32.5. The number of primary amides is 1. The molecule has 0 aromatic heterocycles. The minimum absolute atomic E-state index is 0.00272. The summed E-state index contributed by atoms with van der Waals surface area (Å²) in [4.78, 5) is 53.0. The van der Waals surface area contributed by atoms with Gasteiger partial charge in [-0.2, -0.15) is 0 Å². The van der Waals surface area contributed by atoms with Gasteiger partial charge >= 0.3 is 6.09 Å². The van der Waals surface area contributed by atoms with Gasteiger partial charge in [-0.25, -0.2) is 17.6 Å². The van der Waals surface area contributed by atoms with E-state index in [2.05, 4.69) is 4.72 Å². The smallest absolute Gasteiger partial charge is 0.410 e. The fourth-order valence-corrected chi connectivity index (χ4v) is 7.34. The van der Waals surface area contributed by atoms with Crippen LogP contribution in [0.5, 0.6) is 0 Å². The number of hydrogen-bond acceptors (Lipinski definition) is 8. The number of allylic oxidation sites excluding steroid dienone is 2. The number of fused-ring (bicyclic) bond motifs is 1. The number of nitrogens with zero attached hydrogens (tertiary/aromatic N) is 2. The van der Waals surface area contributed by atoms with Crippen molar-refractivity contribution in [1.29, 1.82) is 0 Å². The van der Waals surface area contributed by atoms with Crippen molar-refractivity contribution >= 4 is 33.8 Å². The molecule has 3 fully saturated rings. The van der Waals surface area contributed by atoms with E-state index in [1.165, 1.54) is 15.9 Å². The molecule has 2 aliphatic heterocycles. The molecule has 1 aromatic rings. The molecule has 4 amide bonds. The largest absolute Gasteiger partial charge is 0.444 e. The third kappa shape index (κ3) is 7.49. The Balaban J connectivity index is 0.990. The number of nitrogens with one attached hydrogen (secondary N) is 1. The Labute approximate surface area is 262 Å². The number of rotatable bonds is 13. The van der Waals surface area contributed by atoms with E-state index >= 15 is 0 Å². The van der Waals surface area contributed by atoms with E-state index in [4.69, 9.17) is 16.2 Å². The zero-order valence-electron chi connectivity index (χ0n) is 25.5. The molecule has 1 saturated heterocycles. The molecule has 14 heteroatoms. The van der Waals surface area contributed by atoms with Crippen LogP contribution in [0, 0.1) is 17.7 Å². The molecule has 2 saturated carbocycles. The van der Waals surface area contributed by atoms with Gasteiger partial charge in [-0.3, -0.25) is 24.0 Å². The SMILES string of the molecule is CC1(S(=O)(=O)NC(=O)[C@H]2C[C@H]2/C=C\CCCCC[C@H](N)C(=O)N2C[C@H](OC(=O)N3Cc4cccc(F)c4C3)C[C@H]2C(N)=O)CC1. The third-order valence-corrected chi connectivity index (χ3v) is 11.6. The number of hydrogen-bond donors (Lipinski definition) is 3. The van der Waals surface area contributed by atoms with E-state index in [-0.39, 0.29) is 43.7 Å². The monoisotopic (exact) mass is 647 g/mol. The van der Waals surface area contributed by atoms with Crippen molar-refractivity contribution in [2.75, 3.05) is 6.54 Å². The molecule has 5 rings (SSSR count). The van der Waals surface area contributed by atoms with Crippen LogP contribution in [0.2, 0.25) is 0 Å². The van der Waals surface area contributed by atoms with Crippen molar-refractivity contribution in [3.8, 4) is 0 Å². The number of likely N-dealkylation sites (tertiary alicyclic amines) is 1. The number of sulfonamides is 1. The predicted molar refractivity (Wildman–Crippen MR) is 162 cm³/mol. The second kappa shape index (κ2) is 13.1. The fraction of sp³-hybridized carbons (Fsp3) is 0.613. The summed E-state index contributed by atoms with van der Waals surface area (Å²) in [7, 11) is -3.61. The number of carbonyl (C=O) groups is 4. The highest BCUT2D eigenvalue weighted by Gasteiger charge is 2.52. The molecule has 0 bridgehead atoms. The number of unbranched alkanes of at least 4 members (excludes halogenated alkanes) is 3. The first-order valence-electron chi connectivity index (χ1n) is 15.6. The highest BCUT2D eigenvalue weighted by Crippen LogP contribution is 2.44. The quantitative estimate of drug-likeness (QED) is 0.215. The Hall–Kier alpha value is -3.52. The standard InChI is InChI=1S/C31H42FN5O7S/c1-31(12-13-31)45(42,43)35-28(39)22-14-19(22)8-5-3-2-4-6-11-25(33)29(40)37-17-21(15-26(37)27(34)38)44-30(41)36-16-20-9-7-10-24(32)23(20)18-36/h5,7-10,19,21-22,25-26H,2-4,6,11-18,33H2,1H3,(H2,34,38)(H,35,39)/b8-5-/t19-,21-,22+,25+,26+/m1/s1. The van der Waals surface area contributed by atoms with Gasteiger partial charge in [0.2, 0.25) is 27.7 Å². The van der Waals surface area contributed by atoms with Gasteiger partial charge in [0, 0.05) is 24.4 Å². The highest BCUT2D eigenvalue weighted by atomic mass is 32.2. The number of carbonyl (C=O) groups excluding carboxylic acids is 4. The van der Waals surface area contributed by atoms with Crippen LogP contribution < -0.4 is 16.2 Å². The Kier molecular flexibility index (Phi) is 9.54. The number of ether oxygens (including phenoxy) is 1. The average Bonchev–Trinajstić information content (AvgIpc) is 3.83. The molecule has 246 valence electrons. The van der Waals surface area contributed by atoms with Crippen LogP contribution in [0.3, 0.4) is 0 Å². The van der Waals surface area contributed by atoms with E-state index < -0.39 is 56.8 Å². The van der Waals surface area contributed by atoms with Gasteiger partial charge in [0.15, 0.2) is 0 Å². The Morgan fingerprint density at radius 1 is 1.16 bits per heavy atom. The molecule has 0 unspecified atom stereocenters. The van der Waals surface area contributed by atoms with Crippen molar-refractivity contribution in [3.63, 3.8) is 0 Å². The van der Waals surface area contributed by atoms with Crippen LogP contribution in [-0.2, 0) is 42.2 Å². The second-order valence-electron chi connectivity index (χ2n) is 13.0. The lowest BCUT2D eigenvalue weighted by Crippen LogP contribution is -2.50. The molecule has 5 N–H and O–H groups in total. The lowest BCUT2D eigenvalue weighted by Gasteiger charge is -2.25. The first-order valence-corrected chi connectivity index (χ1v) is 17.1. The van der Waals surface area contributed by atoms with Crippen LogP contribution in [0.1, 0.15) is 75.8 Å². The van der Waals surface area contributed by atoms with Crippen LogP contribution in [0.15, 0.2) is 30.4 Å². The normalized spacial score (nSPS) is 25.6. The van der Waals surface area contributed by atoms with Crippen LogP contribution in [0.4, 0.5) is 9.18 Å². The molecule has 2 heterocycles. The topological polar surface area (TPSA) is 182 Å². The van der Waals surface area contributed by atoms with Gasteiger partial charge in [-0.05, 0) is 63.0 Å². The lowest BCUT2D eigenvalue weighted by molar-refractivity contribution is -0.138. The van der Waals surface area contributed by atoms with E-state index in [0.29, 0.717) is 43.2 Å². The molecule has 0 radical (unpaired) electrons. The molecular formula is C31H42FN5O7S. The Morgan fingerprint density at radius 3 is 2.60 bits per heavy atom. The maximum atomic E-state index is 14.1. The highest BCUT2D eigenvalue weighted by molar-refractivity contribution is 7.91. The van der Waals surface area contributed by atoms with Crippen LogP contribution >= 0.6 is 0 Å². The molecule has 0 spiro atoms. The molecule has 4 aliphatic rings. The minimum atomic E-state index is -3.61. The summed E-state index contributed by atoms with van der Waals surface area (Å²) in [5.41, 5.74) is 12.9. The molecule has 5 atom stereocenters.